The Labute approximate surface area is 83.8 Å². The Hall–Kier alpha value is -1.10. The van der Waals surface area contributed by atoms with E-state index in [0.29, 0.717) is 12.5 Å². The van der Waals surface area contributed by atoms with E-state index in [1.165, 1.54) is 0 Å². The number of esters is 1. The first-order valence-corrected chi connectivity index (χ1v) is 4.64. The minimum absolute atomic E-state index is 0.136. The molecule has 5 heteroatoms. The zero-order chi connectivity index (χ0) is 11.1. The maximum atomic E-state index is 11.0. The molecule has 0 spiro atoms. The fourth-order valence-electron chi connectivity index (χ4n) is 0.747. The zero-order valence-corrected chi connectivity index (χ0v) is 8.66. The van der Waals surface area contributed by atoms with Crippen molar-refractivity contribution in [1.29, 1.82) is 0 Å². The maximum absolute atomic E-state index is 11.0. The van der Waals surface area contributed by atoms with Gasteiger partial charge < -0.3 is 16.2 Å². The fraction of sp³-hybridized carbons (Fsp3) is 0.778. The summed E-state index contributed by atoms with van der Waals surface area (Å²) in [6, 6.07) is -0.762. The highest BCUT2D eigenvalue weighted by molar-refractivity contribution is 5.80. The van der Waals surface area contributed by atoms with Crippen LogP contribution < -0.4 is 11.5 Å². The average molecular weight is 202 g/mol. The molecule has 0 aromatic rings. The number of nitrogens with two attached hydrogens (primary N) is 2. The van der Waals surface area contributed by atoms with Gasteiger partial charge in [0.15, 0.2) is 0 Å². The Kier molecular flexibility index (Phi) is 5.87. The molecule has 0 aliphatic rings. The Morgan fingerprint density at radius 2 is 1.93 bits per heavy atom. The van der Waals surface area contributed by atoms with Gasteiger partial charge in [0.05, 0.1) is 12.6 Å². The molecule has 0 heterocycles. The summed E-state index contributed by atoms with van der Waals surface area (Å²) in [6.07, 6.45) is 0.378. The van der Waals surface area contributed by atoms with Crippen LogP contribution >= 0.6 is 0 Å². The molecular weight excluding hydrogens is 184 g/mol. The molecule has 0 rings (SSSR count). The van der Waals surface area contributed by atoms with Crippen molar-refractivity contribution < 1.29 is 14.3 Å². The normalized spacial score (nSPS) is 12.6. The molecule has 1 amide bonds. The van der Waals surface area contributed by atoms with Gasteiger partial charge in [0.2, 0.25) is 5.91 Å². The van der Waals surface area contributed by atoms with Crippen LogP contribution in [0.1, 0.15) is 26.7 Å². The number of carbonyl (C=O) groups excluding carboxylic acids is 2. The summed E-state index contributed by atoms with van der Waals surface area (Å²) >= 11 is 0. The molecule has 0 aromatic carbocycles. The molecule has 0 fully saturated rings. The van der Waals surface area contributed by atoms with Gasteiger partial charge in [-0.3, -0.25) is 9.59 Å². The third-order valence-corrected chi connectivity index (χ3v) is 1.60. The third-order valence-electron chi connectivity index (χ3n) is 1.60. The topological polar surface area (TPSA) is 95.4 Å². The molecule has 0 aliphatic carbocycles. The lowest BCUT2D eigenvalue weighted by atomic mass is 10.1. The van der Waals surface area contributed by atoms with Crippen molar-refractivity contribution in [2.75, 3.05) is 6.61 Å². The average Bonchev–Trinajstić information content (AvgIpc) is 2.10. The number of primary amides is 1. The van der Waals surface area contributed by atoms with Gasteiger partial charge in [-0.25, -0.2) is 0 Å². The second-order valence-electron chi connectivity index (χ2n) is 3.62. The SMILES string of the molecule is CC(C)COC(=O)CCC(N)C(N)=O. The molecule has 82 valence electrons. The van der Waals surface area contributed by atoms with Crippen LogP contribution in [0.25, 0.3) is 0 Å². The minimum Gasteiger partial charge on any atom is -0.465 e. The van der Waals surface area contributed by atoms with Crippen molar-refractivity contribution in [2.24, 2.45) is 17.4 Å². The molecule has 0 radical (unpaired) electrons. The van der Waals surface area contributed by atoms with E-state index in [4.69, 9.17) is 16.2 Å². The van der Waals surface area contributed by atoms with Crippen LogP contribution in [0.4, 0.5) is 0 Å². The van der Waals surface area contributed by atoms with Crippen molar-refractivity contribution >= 4 is 11.9 Å². The summed E-state index contributed by atoms with van der Waals surface area (Å²) < 4.78 is 4.89. The molecule has 14 heavy (non-hydrogen) atoms. The van der Waals surface area contributed by atoms with E-state index in [0.717, 1.165) is 0 Å². The van der Waals surface area contributed by atoms with E-state index < -0.39 is 11.9 Å². The zero-order valence-electron chi connectivity index (χ0n) is 8.66. The van der Waals surface area contributed by atoms with Crippen LogP contribution in [0.3, 0.4) is 0 Å². The van der Waals surface area contributed by atoms with E-state index in [1.54, 1.807) is 0 Å². The fourth-order valence-corrected chi connectivity index (χ4v) is 0.747. The Morgan fingerprint density at radius 3 is 2.36 bits per heavy atom. The molecule has 4 N–H and O–H groups in total. The first-order chi connectivity index (χ1) is 6.43. The molecular formula is C9H18N2O3. The van der Waals surface area contributed by atoms with E-state index in [-0.39, 0.29) is 18.8 Å². The Morgan fingerprint density at radius 1 is 1.36 bits per heavy atom. The largest absolute Gasteiger partial charge is 0.465 e. The lowest BCUT2D eigenvalue weighted by Crippen LogP contribution is -2.36. The van der Waals surface area contributed by atoms with Gasteiger partial charge >= 0.3 is 5.97 Å². The van der Waals surface area contributed by atoms with E-state index in [1.807, 2.05) is 13.8 Å². The summed E-state index contributed by atoms with van der Waals surface area (Å²) in [4.78, 5) is 21.6. The molecule has 1 atom stereocenters. The Balaban J connectivity index is 3.59. The summed E-state index contributed by atoms with van der Waals surface area (Å²) in [6.45, 7) is 4.29. The molecule has 0 aliphatic heterocycles. The smallest absolute Gasteiger partial charge is 0.305 e. The van der Waals surface area contributed by atoms with Gasteiger partial charge in [0.1, 0.15) is 0 Å². The van der Waals surface area contributed by atoms with Crippen molar-refractivity contribution in [3.05, 3.63) is 0 Å². The quantitative estimate of drug-likeness (QED) is 0.582. The molecule has 0 bridgehead atoms. The van der Waals surface area contributed by atoms with Crippen molar-refractivity contribution in [3.63, 3.8) is 0 Å². The van der Waals surface area contributed by atoms with E-state index >= 15 is 0 Å². The van der Waals surface area contributed by atoms with Crippen LogP contribution in [-0.4, -0.2) is 24.5 Å². The first-order valence-electron chi connectivity index (χ1n) is 4.64. The monoisotopic (exact) mass is 202 g/mol. The highest BCUT2D eigenvalue weighted by Gasteiger charge is 2.12. The molecule has 0 saturated carbocycles. The first kappa shape index (κ1) is 12.9. The summed E-state index contributed by atoms with van der Waals surface area (Å²) in [7, 11) is 0. The highest BCUT2D eigenvalue weighted by atomic mass is 16.5. The summed E-state index contributed by atoms with van der Waals surface area (Å²) in [5.74, 6) is -0.624. The summed E-state index contributed by atoms with van der Waals surface area (Å²) in [5.41, 5.74) is 10.3. The van der Waals surface area contributed by atoms with Gasteiger partial charge in [0, 0.05) is 6.42 Å². The molecule has 5 nitrogen and oxygen atoms in total. The van der Waals surface area contributed by atoms with Gasteiger partial charge in [-0.15, -0.1) is 0 Å². The number of hydrogen-bond acceptors (Lipinski definition) is 4. The predicted molar refractivity (Wildman–Crippen MR) is 52.2 cm³/mol. The van der Waals surface area contributed by atoms with Crippen molar-refractivity contribution in [3.8, 4) is 0 Å². The lowest BCUT2D eigenvalue weighted by molar-refractivity contribution is -0.144. The Bertz CT molecular complexity index is 204. The highest BCUT2D eigenvalue weighted by Crippen LogP contribution is 1.99. The van der Waals surface area contributed by atoms with Gasteiger partial charge in [-0.1, -0.05) is 13.8 Å². The summed E-state index contributed by atoms with van der Waals surface area (Å²) in [5, 5.41) is 0. The maximum Gasteiger partial charge on any atom is 0.305 e. The second-order valence-corrected chi connectivity index (χ2v) is 3.62. The van der Waals surface area contributed by atoms with Crippen LogP contribution in [0.15, 0.2) is 0 Å². The van der Waals surface area contributed by atoms with Crippen molar-refractivity contribution in [1.82, 2.24) is 0 Å². The van der Waals surface area contributed by atoms with Crippen LogP contribution in [0.2, 0.25) is 0 Å². The van der Waals surface area contributed by atoms with Gasteiger partial charge in [0.25, 0.3) is 0 Å². The lowest BCUT2D eigenvalue weighted by Gasteiger charge is -2.08. The second kappa shape index (κ2) is 6.37. The van der Waals surface area contributed by atoms with Gasteiger partial charge in [-0.2, -0.15) is 0 Å². The number of hydrogen-bond donors (Lipinski definition) is 2. The third kappa shape index (κ3) is 6.42. The number of ether oxygens (including phenoxy) is 1. The van der Waals surface area contributed by atoms with Crippen LogP contribution in [-0.2, 0) is 14.3 Å². The van der Waals surface area contributed by atoms with Crippen LogP contribution in [0, 0.1) is 5.92 Å². The molecule has 0 aromatic heterocycles. The van der Waals surface area contributed by atoms with E-state index in [9.17, 15) is 9.59 Å². The minimum atomic E-state index is -0.762. The predicted octanol–water partition coefficient (Wildman–Crippen LogP) is -0.222. The number of amides is 1. The number of rotatable bonds is 6. The van der Waals surface area contributed by atoms with Crippen molar-refractivity contribution in [2.45, 2.75) is 32.7 Å². The van der Waals surface area contributed by atoms with Gasteiger partial charge in [-0.05, 0) is 12.3 Å². The molecule has 0 saturated heterocycles. The van der Waals surface area contributed by atoms with Crippen LogP contribution in [0.5, 0.6) is 0 Å². The molecule has 1 unspecified atom stereocenters. The standard InChI is InChI=1S/C9H18N2O3/c1-6(2)5-14-8(12)4-3-7(10)9(11)13/h6-7H,3-5,10H2,1-2H3,(H2,11,13). The number of carbonyl (C=O) groups is 2. The van der Waals surface area contributed by atoms with E-state index in [2.05, 4.69) is 0 Å².